The summed E-state index contributed by atoms with van der Waals surface area (Å²) in [4.78, 5) is -0.208. The minimum atomic E-state index is -4.20. The molecule has 0 saturated heterocycles. The van der Waals surface area contributed by atoms with Gasteiger partial charge in [0.25, 0.3) is 10.1 Å². The number of nitrogens with zero attached hydrogens (tertiary/aromatic N) is 1. The molecule has 0 saturated carbocycles. The van der Waals surface area contributed by atoms with Gasteiger partial charge in [0.15, 0.2) is 9.84 Å². The van der Waals surface area contributed by atoms with Crippen molar-refractivity contribution in [1.29, 1.82) is 0 Å². The van der Waals surface area contributed by atoms with E-state index in [2.05, 4.69) is 11.9 Å². The van der Waals surface area contributed by atoms with Gasteiger partial charge in [-0.15, -0.1) is 0 Å². The zero-order valence-corrected chi connectivity index (χ0v) is 11.7. The van der Waals surface area contributed by atoms with E-state index in [9.17, 15) is 16.8 Å². The molecule has 19 heavy (non-hydrogen) atoms. The molecule has 0 aromatic heterocycles. The lowest BCUT2D eigenvalue weighted by molar-refractivity contribution is 0.483. The summed E-state index contributed by atoms with van der Waals surface area (Å²) in [6.07, 6.45) is 0.356. The smallest absolute Gasteiger partial charge is 0.285 e. The van der Waals surface area contributed by atoms with Gasteiger partial charge < -0.3 is 0 Å². The molecular formula is C11H14NO5S2. The summed E-state index contributed by atoms with van der Waals surface area (Å²) in [7, 11) is -7.41. The molecule has 1 rings (SSSR count). The fraction of sp³-hybridized carbons (Fsp3) is 0.273. The molecule has 0 spiro atoms. The monoisotopic (exact) mass is 304 g/mol. The lowest BCUT2D eigenvalue weighted by Gasteiger charge is -2.03. The van der Waals surface area contributed by atoms with E-state index in [-0.39, 0.29) is 10.6 Å². The Labute approximate surface area is 112 Å². The lowest BCUT2D eigenvalue weighted by Crippen LogP contribution is -2.08. The summed E-state index contributed by atoms with van der Waals surface area (Å²) >= 11 is 0. The molecule has 0 amide bonds. The van der Waals surface area contributed by atoms with Crippen molar-refractivity contribution in [1.82, 2.24) is 5.32 Å². The Bertz CT molecular complexity index is 632. The summed E-state index contributed by atoms with van der Waals surface area (Å²) in [6.45, 7) is 3.51. The molecule has 6 nitrogen and oxygen atoms in total. The first-order valence-electron chi connectivity index (χ1n) is 5.35. The molecule has 0 unspecified atom stereocenters. The highest BCUT2D eigenvalue weighted by atomic mass is 32.2. The van der Waals surface area contributed by atoms with Crippen LogP contribution in [0.4, 0.5) is 5.69 Å². The molecule has 8 heteroatoms. The fourth-order valence-corrected chi connectivity index (χ4v) is 2.46. The van der Waals surface area contributed by atoms with Gasteiger partial charge in [-0.2, -0.15) is 8.42 Å². The average Bonchev–Trinajstić information content (AvgIpc) is 2.34. The molecule has 0 bridgehead atoms. The number of rotatable bonds is 7. The summed E-state index contributed by atoms with van der Waals surface area (Å²) < 4.78 is 52.6. The Hall–Kier alpha value is -1.38. The second kappa shape index (κ2) is 6.18. The van der Waals surface area contributed by atoms with Gasteiger partial charge in [0.2, 0.25) is 0 Å². The SMILES string of the molecule is C=CS(=O)(=O)CCC[N]c1ccc(S(=O)(=O)O)cc1. The molecule has 0 fully saturated rings. The van der Waals surface area contributed by atoms with Crippen LogP contribution in [-0.2, 0) is 20.0 Å². The Morgan fingerprint density at radius 2 is 1.74 bits per heavy atom. The van der Waals surface area contributed by atoms with Gasteiger partial charge in [-0.25, -0.2) is 8.42 Å². The van der Waals surface area contributed by atoms with Gasteiger partial charge in [-0.1, -0.05) is 6.58 Å². The van der Waals surface area contributed by atoms with Crippen LogP contribution >= 0.6 is 0 Å². The van der Waals surface area contributed by atoms with E-state index in [0.717, 1.165) is 5.41 Å². The summed E-state index contributed by atoms with van der Waals surface area (Å²) in [5, 5.41) is 5.00. The predicted molar refractivity (Wildman–Crippen MR) is 71.5 cm³/mol. The molecule has 0 heterocycles. The summed E-state index contributed by atoms with van der Waals surface area (Å²) in [5.41, 5.74) is 0.517. The first-order valence-corrected chi connectivity index (χ1v) is 8.50. The Morgan fingerprint density at radius 3 is 2.21 bits per heavy atom. The lowest BCUT2D eigenvalue weighted by atomic mass is 10.3. The normalized spacial score (nSPS) is 12.1. The molecule has 105 valence electrons. The zero-order chi connectivity index (χ0) is 14.5. The highest BCUT2D eigenvalue weighted by Crippen LogP contribution is 2.13. The third kappa shape index (κ3) is 5.41. The van der Waals surface area contributed by atoms with E-state index < -0.39 is 20.0 Å². The van der Waals surface area contributed by atoms with Crippen molar-refractivity contribution in [2.24, 2.45) is 0 Å². The third-order valence-corrected chi connectivity index (χ3v) is 4.50. The maximum atomic E-state index is 11.1. The Balaban J connectivity index is 2.50. The highest BCUT2D eigenvalue weighted by molar-refractivity contribution is 7.94. The van der Waals surface area contributed by atoms with Crippen LogP contribution in [0.15, 0.2) is 41.1 Å². The first kappa shape index (κ1) is 15.7. The molecule has 0 atom stereocenters. The molecule has 0 aliphatic rings. The topological polar surface area (TPSA) is 103 Å². The predicted octanol–water partition coefficient (Wildman–Crippen LogP) is 1.12. The van der Waals surface area contributed by atoms with E-state index in [1.165, 1.54) is 24.3 Å². The minimum absolute atomic E-state index is 0.0247. The first-order chi connectivity index (χ1) is 8.74. The molecular weight excluding hydrogens is 290 g/mol. The standard InChI is InChI=1S/C11H14NO5S2/c1-2-18(13,14)9-3-8-12-10-4-6-11(7-5-10)19(15,16)17/h2,4-7H,1,3,8-9H2,(H,15,16,17). The van der Waals surface area contributed by atoms with Crippen LogP contribution < -0.4 is 5.32 Å². The Morgan fingerprint density at radius 1 is 1.16 bits per heavy atom. The largest absolute Gasteiger partial charge is 0.294 e. The highest BCUT2D eigenvalue weighted by Gasteiger charge is 2.09. The van der Waals surface area contributed by atoms with E-state index in [0.29, 0.717) is 18.7 Å². The molecule has 1 radical (unpaired) electrons. The van der Waals surface area contributed by atoms with Crippen LogP contribution in [0.25, 0.3) is 0 Å². The van der Waals surface area contributed by atoms with Crippen LogP contribution in [0, 0.1) is 0 Å². The fourth-order valence-electron chi connectivity index (χ4n) is 1.28. The van der Waals surface area contributed by atoms with Gasteiger partial charge in [0.1, 0.15) is 0 Å². The van der Waals surface area contributed by atoms with E-state index in [4.69, 9.17) is 4.55 Å². The Kier molecular flexibility index (Phi) is 5.10. The van der Waals surface area contributed by atoms with Gasteiger partial charge in [-0.05, 0) is 30.7 Å². The van der Waals surface area contributed by atoms with E-state index >= 15 is 0 Å². The van der Waals surface area contributed by atoms with Gasteiger partial charge in [-0.3, -0.25) is 9.87 Å². The second-order valence-corrected chi connectivity index (χ2v) is 7.23. The van der Waals surface area contributed by atoms with Crippen LogP contribution in [0.3, 0.4) is 0 Å². The third-order valence-electron chi connectivity index (χ3n) is 2.27. The molecule has 0 aliphatic carbocycles. The number of sulfone groups is 1. The average molecular weight is 304 g/mol. The van der Waals surface area contributed by atoms with Crippen molar-refractivity contribution < 1.29 is 21.4 Å². The molecule has 1 aromatic carbocycles. The number of hydrogen-bond acceptors (Lipinski definition) is 4. The van der Waals surface area contributed by atoms with Crippen LogP contribution in [0.5, 0.6) is 0 Å². The van der Waals surface area contributed by atoms with E-state index in [1.54, 1.807) is 0 Å². The van der Waals surface area contributed by atoms with Crippen molar-refractivity contribution in [3.05, 3.63) is 36.3 Å². The van der Waals surface area contributed by atoms with Crippen LogP contribution in [-0.4, -0.2) is 33.7 Å². The quantitative estimate of drug-likeness (QED) is 0.600. The van der Waals surface area contributed by atoms with Crippen LogP contribution in [0.2, 0.25) is 0 Å². The number of benzene rings is 1. The van der Waals surface area contributed by atoms with Gasteiger partial charge in [0.05, 0.1) is 16.3 Å². The summed E-state index contributed by atoms with van der Waals surface area (Å²) in [6, 6.07) is 5.33. The second-order valence-electron chi connectivity index (χ2n) is 3.74. The van der Waals surface area contributed by atoms with Crippen molar-refractivity contribution in [3.63, 3.8) is 0 Å². The van der Waals surface area contributed by atoms with E-state index in [1.807, 2.05) is 0 Å². The molecule has 0 aliphatic heterocycles. The van der Waals surface area contributed by atoms with Gasteiger partial charge in [0, 0.05) is 12.0 Å². The molecule has 1 aromatic rings. The van der Waals surface area contributed by atoms with Gasteiger partial charge >= 0.3 is 0 Å². The van der Waals surface area contributed by atoms with Crippen molar-refractivity contribution in [3.8, 4) is 0 Å². The van der Waals surface area contributed by atoms with Crippen molar-refractivity contribution in [2.75, 3.05) is 12.3 Å². The maximum Gasteiger partial charge on any atom is 0.294 e. The van der Waals surface area contributed by atoms with Crippen molar-refractivity contribution >= 4 is 25.6 Å². The minimum Gasteiger partial charge on any atom is -0.285 e. The van der Waals surface area contributed by atoms with Crippen molar-refractivity contribution in [2.45, 2.75) is 11.3 Å². The van der Waals surface area contributed by atoms with Crippen LogP contribution in [0.1, 0.15) is 6.42 Å². The zero-order valence-electron chi connectivity index (χ0n) is 10.1. The summed E-state index contributed by atoms with van der Waals surface area (Å²) in [5.74, 6) is -0.0247. The maximum absolute atomic E-state index is 11.1. The number of hydrogen-bond donors (Lipinski definition) is 1. The molecule has 1 N–H and O–H groups in total.